The van der Waals surface area contributed by atoms with Crippen LogP contribution in [0, 0.1) is 11.8 Å². The van der Waals surface area contributed by atoms with Gasteiger partial charge in [0.25, 0.3) is 0 Å². The Hall–Kier alpha value is -2.19. The van der Waals surface area contributed by atoms with Crippen molar-refractivity contribution in [1.82, 2.24) is 9.80 Å². The fourth-order valence-electron chi connectivity index (χ4n) is 5.76. The molecule has 3 aliphatic heterocycles. The van der Waals surface area contributed by atoms with Gasteiger partial charge in [-0.15, -0.1) is 6.58 Å². The summed E-state index contributed by atoms with van der Waals surface area (Å²) in [5.41, 5.74) is -2.56. The van der Waals surface area contributed by atoms with Gasteiger partial charge in [0.1, 0.15) is 24.2 Å². The third kappa shape index (κ3) is 3.48. The lowest BCUT2D eigenvalue weighted by atomic mass is 9.66. The van der Waals surface area contributed by atoms with Crippen molar-refractivity contribution in [2.75, 3.05) is 19.8 Å². The first-order valence-electron chi connectivity index (χ1n) is 11.2. The van der Waals surface area contributed by atoms with Crippen molar-refractivity contribution in [1.29, 1.82) is 0 Å². The lowest BCUT2D eigenvalue weighted by Gasteiger charge is -2.43. The van der Waals surface area contributed by atoms with Gasteiger partial charge in [-0.05, 0) is 47.5 Å². The van der Waals surface area contributed by atoms with Crippen LogP contribution in [0.1, 0.15) is 47.5 Å². The minimum atomic E-state index is -1.14. The molecule has 3 saturated heterocycles. The molecule has 0 aromatic rings. The number of aliphatic hydroxyl groups is 1. The largest absolute Gasteiger partial charge is 0.461 e. The van der Waals surface area contributed by atoms with E-state index < -0.39 is 46.6 Å². The summed E-state index contributed by atoms with van der Waals surface area (Å²) >= 11 is 0. The second-order valence-electron chi connectivity index (χ2n) is 10.3. The molecule has 0 aromatic heterocycles. The van der Waals surface area contributed by atoms with Crippen LogP contribution >= 0.6 is 0 Å². The number of ether oxygens (including phenoxy) is 2. The van der Waals surface area contributed by atoms with E-state index >= 15 is 0 Å². The molecule has 2 unspecified atom stereocenters. The predicted octanol–water partition coefficient (Wildman–Crippen LogP) is 1.67. The van der Waals surface area contributed by atoms with Crippen LogP contribution in [0.4, 0.5) is 0 Å². The highest BCUT2D eigenvalue weighted by atomic mass is 16.6. The van der Waals surface area contributed by atoms with E-state index in [1.54, 1.807) is 17.9 Å². The Bertz CT molecular complexity index is 820. The van der Waals surface area contributed by atoms with Crippen LogP contribution in [0.15, 0.2) is 25.3 Å². The second-order valence-corrected chi connectivity index (χ2v) is 10.3. The van der Waals surface area contributed by atoms with Gasteiger partial charge in [-0.2, -0.15) is 0 Å². The predicted molar refractivity (Wildman–Crippen MR) is 118 cm³/mol. The van der Waals surface area contributed by atoms with Crippen molar-refractivity contribution in [3.05, 3.63) is 25.3 Å². The molecule has 3 fully saturated rings. The Morgan fingerprint density at radius 2 is 2.00 bits per heavy atom. The number of esters is 1. The number of carbonyl (C=O) groups excluding carboxylic acids is 3. The first-order valence-corrected chi connectivity index (χ1v) is 11.2. The summed E-state index contributed by atoms with van der Waals surface area (Å²) in [6.07, 6.45) is 4.14. The molecule has 32 heavy (non-hydrogen) atoms. The van der Waals surface area contributed by atoms with E-state index in [1.807, 2.05) is 27.7 Å². The van der Waals surface area contributed by atoms with Crippen LogP contribution in [-0.2, 0) is 23.9 Å². The summed E-state index contributed by atoms with van der Waals surface area (Å²) < 4.78 is 11.8. The first kappa shape index (κ1) is 24.5. The van der Waals surface area contributed by atoms with Crippen molar-refractivity contribution in [3.63, 3.8) is 0 Å². The molecule has 1 spiro atoms. The topological polar surface area (TPSA) is 96.4 Å². The summed E-state index contributed by atoms with van der Waals surface area (Å²) in [5, 5.41) is 9.91. The number of aliphatic hydroxyl groups excluding tert-OH is 1. The number of fused-ring (bicyclic) bond motifs is 1. The zero-order valence-electron chi connectivity index (χ0n) is 19.8. The minimum absolute atomic E-state index is 0.0373. The molecule has 8 nitrogen and oxygen atoms in total. The summed E-state index contributed by atoms with van der Waals surface area (Å²) in [5.74, 6) is -2.79. The van der Waals surface area contributed by atoms with Crippen LogP contribution in [0.5, 0.6) is 0 Å². The molecular weight excluding hydrogens is 412 g/mol. The highest BCUT2D eigenvalue weighted by molar-refractivity contribution is 5.99. The van der Waals surface area contributed by atoms with Gasteiger partial charge in [0, 0.05) is 12.1 Å². The summed E-state index contributed by atoms with van der Waals surface area (Å²) in [6.45, 7) is 16.7. The number of nitrogens with zero attached hydrogens (tertiary/aromatic N) is 2. The molecule has 3 heterocycles. The third-order valence-corrected chi connectivity index (χ3v) is 7.17. The van der Waals surface area contributed by atoms with E-state index in [2.05, 4.69) is 13.2 Å². The Morgan fingerprint density at radius 1 is 1.34 bits per heavy atom. The van der Waals surface area contributed by atoms with Crippen molar-refractivity contribution in [3.8, 4) is 0 Å². The number of carbonyl (C=O) groups is 3. The third-order valence-electron chi connectivity index (χ3n) is 7.17. The lowest BCUT2D eigenvalue weighted by molar-refractivity contribution is -0.162. The number of amides is 2. The molecule has 0 aliphatic carbocycles. The smallest absolute Gasteiger partial charge is 0.313 e. The standard InChI is InChI=1S/C24H36N2O6/c1-8-12-25(22(4,5)6)20(29)18-24-11-10-23(7,32-24)17(21(30)31-13-9-2)16(24)19(28)26(18)15(3)14-27/h8-9,15-18,27H,1-2,10-14H2,3-7H3/t15-,16+,17+,18?,23-,24?/m1/s1. The van der Waals surface area contributed by atoms with Gasteiger partial charge in [-0.25, -0.2) is 0 Å². The SMILES string of the molecule is C=CCOC(=O)[C@@H]1[C@H]2C(=O)N([C@H](C)CO)C(C(=O)N(CC=C)C(C)(C)C)C23CC[C@@]1(C)O3. The number of rotatable bonds is 8. The fourth-order valence-corrected chi connectivity index (χ4v) is 5.76. The number of hydrogen-bond donors (Lipinski definition) is 1. The molecule has 2 bridgehead atoms. The van der Waals surface area contributed by atoms with E-state index in [9.17, 15) is 19.5 Å². The van der Waals surface area contributed by atoms with Crippen LogP contribution < -0.4 is 0 Å². The Morgan fingerprint density at radius 3 is 2.53 bits per heavy atom. The monoisotopic (exact) mass is 448 g/mol. The first-order chi connectivity index (χ1) is 14.9. The summed E-state index contributed by atoms with van der Waals surface area (Å²) in [7, 11) is 0. The van der Waals surface area contributed by atoms with E-state index in [-0.39, 0.29) is 25.0 Å². The average molecular weight is 449 g/mol. The highest BCUT2D eigenvalue weighted by Crippen LogP contribution is 2.63. The Labute approximate surface area is 190 Å². The maximum absolute atomic E-state index is 14.0. The molecule has 8 heteroatoms. The highest BCUT2D eigenvalue weighted by Gasteiger charge is 2.79. The second kappa shape index (κ2) is 8.30. The molecule has 6 atom stereocenters. The molecule has 3 rings (SSSR count). The molecule has 0 saturated carbocycles. The molecule has 0 aromatic carbocycles. The van der Waals surface area contributed by atoms with E-state index in [0.717, 1.165) is 0 Å². The van der Waals surface area contributed by atoms with E-state index in [1.165, 1.54) is 11.0 Å². The van der Waals surface area contributed by atoms with E-state index in [4.69, 9.17) is 9.47 Å². The van der Waals surface area contributed by atoms with Gasteiger partial charge in [0.15, 0.2) is 0 Å². The lowest BCUT2D eigenvalue weighted by Crippen LogP contribution is -2.61. The summed E-state index contributed by atoms with van der Waals surface area (Å²) in [4.78, 5) is 43.9. The zero-order chi connectivity index (χ0) is 24.1. The maximum Gasteiger partial charge on any atom is 0.313 e. The van der Waals surface area contributed by atoms with Crippen molar-refractivity contribution >= 4 is 17.8 Å². The molecule has 178 valence electrons. The summed E-state index contributed by atoms with van der Waals surface area (Å²) in [6, 6.07) is -1.55. The van der Waals surface area contributed by atoms with Crippen LogP contribution in [0.25, 0.3) is 0 Å². The molecule has 2 amide bonds. The average Bonchev–Trinajstić information content (AvgIpc) is 3.29. The van der Waals surface area contributed by atoms with Gasteiger partial charge < -0.3 is 24.4 Å². The van der Waals surface area contributed by atoms with Gasteiger partial charge >= 0.3 is 5.97 Å². The van der Waals surface area contributed by atoms with Crippen molar-refractivity contribution < 1.29 is 29.0 Å². The molecule has 0 radical (unpaired) electrons. The molecule has 3 aliphatic rings. The Kier molecular flexibility index (Phi) is 6.34. The van der Waals surface area contributed by atoms with Crippen molar-refractivity contribution in [2.45, 2.75) is 76.3 Å². The quantitative estimate of drug-likeness (QED) is 0.448. The van der Waals surface area contributed by atoms with Gasteiger partial charge in [0.05, 0.1) is 24.2 Å². The number of likely N-dealkylation sites (tertiary alicyclic amines) is 1. The van der Waals surface area contributed by atoms with E-state index in [0.29, 0.717) is 19.4 Å². The minimum Gasteiger partial charge on any atom is -0.461 e. The van der Waals surface area contributed by atoms with Crippen LogP contribution in [-0.4, -0.2) is 81.3 Å². The van der Waals surface area contributed by atoms with Gasteiger partial charge in [-0.1, -0.05) is 18.7 Å². The molecule has 1 N–H and O–H groups in total. The van der Waals surface area contributed by atoms with Crippen LogP contribution in [0.3, 0.4) is 0 Å². The van der Waals surface area contributed by atoms with Crippen LogP contribution in [0.2, 0.25) is 0 Å². The normalized spacial score (nSPS) is 34.2. The van der Waals surface area contributed by atoms with Crippen molar-refractivity contribution in [2.24, 2.45) is 11.8 Å². The van der Waals surface area contributed by atoms with Gasteiger partial charge in [-0.3, -0.25) is 14.4 Å². The number of hydrogen-bond acceptors (Lipinski definition) is 6. The fraction of sp³-hybridized carbons (Fsp3) is 0.708. The molecular formula is C24H36N2O6. The van der Waals surface area contributed by atoms with Gasteiger partial charge in [0.2, 0.25) is 11.8 Å². The zero-order valence-corrected chi connectivity index (χ0v) is 19.8. The maximum atomic E-state index is 14.0. The Balaban J connectivity index is 2.12.